The third-order valence-electron chi connectivity index (χ3n) is 5.40. The Hall–Kier alpha value is -3.39. The first-order valence-corrected chi connectivity index (χ1v) is 10.5. The van der Waals surface area contributed by atoms with E-state index < -0.39 is 36.0 Å². The van der Waals surface area contributed by atoms with Gasteiger partial charge in [-0.2, -0.15) is 0 Å². The van der Waals surface area contributed by atoms with Crippen LogP contribution in [0.3, 0.4) is 0 Å². The van der Waals surface area contributed by atoms with Gasteiger partial charge in [-0.1, -0.05) is 48.5 Å². The smallest absolute Gasteiger partial charge is 0.407 e. The van der Waals surface area contributed by atoms with Crippen LogP contribution in [0, 0.1) is 0 Å². The van der Waals surface area contributed by atoms with E-state index in [2.05, 4.69) is 22.8 Å². The molecule has 0 fully saturated rings. The van der Waals surface area contributed by atoms with Gasteiger partial charge in [0.15, 0.2) is 0 Å². The average Bonchev–Trinajstić information content (AvgIpc) is 3.04. The van der Waals surface area contributed by atoms with Gasteiger partial charge in [-0.05, 0) is 36.1 Å². The summed E-state index contributed by atoms with van der Waals surface area (Å²) in [5.74, 6) is -1.63. The maximum absolute atomic E-state index is 12.3. The zero-order chi connectivity index (χ0) is 23.3. The molecule has 1 unspecified atom stereocenters. The second-order valence-corrected chi connectivity index (χ2v) is 8.42. The normalized spacial score (nSPS) is 15.1. The van der Waals surface area contributed by atoms with Crippen LogP contribution in [0.5, 0.6) is 0 Å². The lowest BCUT2D eigenvalue weighted by atomic mass is 9.98. The summed E-state index contributed by atoms with van der Waals surface area (Å²) < 4.78 is 5.46. The number of ether oxygens (including phenoxy) is 1. The SMILES string of the molecule is C[C@@H](CC(=O)NCC(C)(O)CC(=O)O)NC(=O)OCC1c2ccccc2-c2ccccc21. The van der Waals surface area contributed by atoms with Gasteiger partial charge < -0.3 is 25.6 Å². The fourth-order valence-electron chi connectivity index (χ4n) is 3.92. The molecule has 0 saturated carbocycles. The summed E-state index contributed by atoms with van der Waals surface area (Å²) in [7, 11) is 0. The van der Waals surface area contributed by atoms with E-state index in [0.29, 0.717) is 0 Å². The van der Waals surface area contributed by atoms with Gasteiger partial charge in [0.1, 0.15) is 6.61 Å². The summed E-state index contributed by atoms with van der Waals surface area (Å²) in [5, 5.41) is 23.8. The fourth-order valence-corrected chi connectivity index (χ4v) is 3.92. The molecule has 32 heavy (non-hydrogen) atoms. The Morgan fingerprint density at radius 2 is 1.62 bits per heavy atom. The predicted molar refractivity (Wildman–Crippen MR) is 118 cm³/mol. The lowest BCUT2D eigenvalue weighted by molar-refractivity contribution is -0.142. The monoisotopic (exact) mass is 440 g/mol. The minimum atomic E-state index is -1.55. The highest BCUT2D eigenvalue weighted by atomic mass is 16.5. The number of nitrogens with one attached hydrogen (secondary N) is 2. The zero-order valence-corrected chi connectivity index (χ0v) is 18.1. The van der Waals surface area contributed by atoms with Crippen molar-refractivity contribution in [2.75, 3.05) is 13.2 Å². The minimum absolute atomic E-state index is 0.0344. The van der Waals surface area contributed by atoms with Crippen LogP contribution in [-0.2, 0) is 14.3 Å². The predicted octanol–water partition coefficient (Wildman–Crippen LogP) is 2.65. The van der Waals surface area contributed by atoms with Crippen LogP contribution in [-0.4, -0.2) is 53.0 Å². The van der Waals surface area contributed by atoms with E-state index in [1.54, 1.807) is 6.92 Å². The molecule has 0 bridgehead atoms. The average molecular weight is 440 g/mol. The standard InChI is InChI=1S/C24H28N2O6/c1-15(11-21(27)25-14-24(2,31)12-22(28)29)26-23(30)32-13-20-18-9-5-3-7-16(18)17-8-4-6-10-19(17)20/h3-10,15,20,31H,11-14H2,1-2H3,(H,25,27)(H,26,30)(H,28,29)/t15-,24?/m0/s1. The van der Waals surface area contributed by atoms with Crippen molar-refractivity contribution in [2.45, 2.75) is 44.2 Å². The Bertz CT molecular complexity index is 958. The van der Waals surface area contributed by atoms with Crippen LogP contribution in [0.4, 0.5) is 4.79 Å². The first-order chi connectivity index (χ1) is 15.2. The number of carbonyl (C=O) groups excluding carboxylic acids is 2. The van der Waals surface area contributed by atoms with Crippen LogP contribution in [0.2, 0.25) is 0 Å². The van der Waals surface area contributed by atoms with Crippen molar-refractivity contribution in [3.8, 4) is 11.1 Å². The number of benzene rings is 2. The summed E-state index contributed by atoms with van der Waals surface area (Å²) in [6, 6.07) is 15.6. The molecule has 0 aromatic heterocycles. The van der Waals surface area contributed by atoms with E-state index in [1.807, 2.05) is 36.4 Å². The molecule has 170 valence electrons. The van der Waals surface area contributed by atoms with E-state index in [0.717, 1.165) is 22.3 Å². The molecular weight excluding hydrogens is 412 g/mol. The number of aliphatic carboxylic acids is 1. The Labute approximate surface area is 186 Å². The van der Waals surface area contributed by atoms with E-state index in [-0.39, 0.29) is 25.5 Å². The molecule has 0 radical (unpaired) electrons. The third kappa shape index (κ3) is 5.85. The maximum Gasteiger partial charge on any atom is 0.407 e. The van der Waals surface area contributed by atoms with Gasteiger partial charge in [-0.15, -0.1) is 0 Å². The van der Waals surface area contributed by atoms with Gasteiger partial charge in [0, 0.05) is 24.9 Å². The molecule has 2 amide bonds. The minimum Gasteiger partial charge on any atom is -0.481 e. The van der Waals surface area contributed by atoms with Gasteiger partial charge in [-0.25, -0.2) is 4.79 Å². The number of carboxylic acid groups (broad SMARTS) is 1. The van der Waals surface area contributed by atoms with E-state index >= 15 is 0 Å². The first kappa shape index (κ1) is 23.3. The number of hydrogen-bond donors (Lipinski definition) is 4. The number of rotatable bonds is 9. The number of amides is 2. The molecule has 0 aliphatic heterocycles. The molecule has 0 saturated heterocycles. The van der Waals surface area contributed by atoms with E-state index in [1.165, 1.54) is 6.92 Å². The van der Waals surface area contributed by atoms with E-state index in [4.69, 9.17) is 9.84 Å². The van der Waals surface area contributed by atoms with Crippen LogP contribution in [0.25, 0.3) is 11.1 Å². The summed E-state index contributed by atoms with van der Waals surface area (Å²) in [6.45, 7) is 2.97. The molecule has 1 aliphatic rings. The number of fused-ring (bicyclic) bond motifs is 3. The van der Waals surface area contributed by atoms with Gasteiger partial charge in [0.2, 0.25) is 5.91 Å². The molecule has 1 aliphatic carbocycles. The Morgan fingerprint density at radius 3 is 2.19 bits per heavy atom. The number of carbonyl (C=O) groups is 3. The molecule has 8 nitrogen and oxygen atoms in total. The van der Waals surface area contributed by atoms with Crippen LogP contribution >= 0.6 is 0 Å². The molecule has 0 spiro atoms. The molecular formula is C24H28N2O6. The molecule has 0 heterocycles. The highest BCUT2D eigenvalue weighted by Crippen LogP contribution is 2.44. The second-order valence-electron chi connectivity index (χ2n) is 8.42. The summed E-state index contributed by atoms with van der Waals surface area (Å²) in [4.78, 5) is 35.0. The topological polar surface area (TPSA) is 125 Å². The van der Waals surface area contributed by atoms with Crippen molar-refractivity contribution in [2.24, 2.45) is 0 Å². The highest BCUT2D eigenvalue weighted by molar-refractivity contribution is 5.79. The third-order valence-corrected chi connectivity index (χ3v) is 5.40. The highest BCUT2D eigenvalue weighted by Gasteiger charge is 2.29. The van der Waals surface area contributed by atoms with Gasteiger partial charge >= 0.3 is 12.1 Å². The summed E-state index contributed by atoms with van der Waals surface area (Å²) >= 11 is 0. The zero-order valence-electron chi connectivity index (χ0n) is 18.1. The molecule has 8 heteroatoms. The summed E-state index contributed by atoms with van der Waals surface area (Å²) in [6.07, 6.45) is -1.14. The van der Waals surface area contributed by atoms with Crippen molar-refractivity contribution in [1.29, 1.82) is 0 Å². The number of hydrogen-bond acceptors (Lipinski definition) is 5. The van der Waals surface area contributed by atoms with Crippen molar-refractivity contribution < 1.29 is 29.3 Å². The fraction of sp³-hybridized carbons (Fsp3) is 0.375. The molecule has 2 aromatic rings. The van der Waals surface area contributed by atoms with E-state index in [9.17, 15) is 19.5 Å². The van der Waals surface area contributed by atoms with Crippen molar-refractivity contribution >= 4 is 18.0 Å². The largest absolute Gasteiger partial charge is 0.481 e. The lowest BCUT2D eigenvalue weighted by Gasteiger charge is -2.22. The van der Waals surface area contributed by atoms with Crippen molar-refractivity contribution in [1.82, 2.24) is 10.6 Å². The summed E-state index contributed by atoms with van der Waals surface area (Å²) in [5.41, 5.74) is 2.96. The van der Waals surface area contributed by atoms with Crippen LogP contribution < -0.4 is 10.6 Å². The molecule has 4 N–H and O–H groups in total. The van der Waals surface area contributed by atoms with Crippen molar-refractivity contribution in [3.05, 3.63) is 59.7 Å². The van der Waals surface area contributed by atoms with Gasteiger partial charge in [0.05, 0.1) is 12.0 Å². The maximum atomic E-state index is 12.3. The Balaban J connectivity index is 1.48. The number of alkyl carbamates (subject to hydrolysis) is 1. The first-order valence-electron chi connectivity index (χ1n) is 10.5. The van der Waals surface area contributed by atoms with Gasteiger partial charge in [0.25, 0.3) is 0 Å². The Morgan fingerprint density at radius 1 is 1.06 bits per heavy atom. The molecule has 2 atom stereocenters. The van der Waals surface area contributed by atoms with Crippen LogP contribution in [0.1, 0.15) is 43.7 Å². The van der Waals surface area contributed by atoms with Crippen LogP contribution in [0.15, 0.2) is 48.5 Å². The van der Waals surface area contributed by atoms with Gasteiger partial charge in [-0.3, -0.25) is 9.59 Å². The second kappa shape index (κ2) is 9.82. The molecule has 3 rings (SSSR count). The number of aliphatic hydroxyl groups is 1. The lowest BCUT2D eigenvalue weighted by Crippen LogP contribution is -2.44. The molecule has 2 aromatic carbocycles. The van der Waals surface area contributed by atoms with Crippen molar-refractivity contribution in [3.63, 3.8) is 0 Å². The quantitative estimate of drug-likeness (QED) is 0.475. The Kier molecular flexibility index (Phi) is 7.15. The number of carboxylic acids is 1.